The van der Waals surface area contributed by atoms with Crippen LogP contribution in [0.3, 0.4) is 0 Å². The van der Waals surface area contributed by atoms with Crippen LogP contribution in [0.15, 0.2) is 66.9 Å². The van der Waals surface area contributed by atoms with E-state index in [9.17, 15) is 0 Å². The number of pyridine rings is 1. The molecule has 2 N–H and O–H groups in total. The lowest BCUT2D eigenvalue weighted by Gasteiger charge is -2.08. The summed E-state index contributed by atoms with van der Waals surface area (Å²) in [4.78, 5) is 0. The lowest BCUT2D eigenvalue weighted by molar-refractivity contribution is -0.659. The van der Waals surface area contributed by atoms with Crippen molar-refractivity contribution < 1.29 is 4.57 Å². The standard InChI is InChI=1S/C19H19N2/c1-14-12-16(15-6-4-3-5-7-15)8-10-18(14)19-11-9-17(20)13-21(19)2/h3-13H,20H2,1-2H3/q+1. The fraction of sp³-hybridized carbons (Fsp3) is 0.105. The SMILES string of the molecule is Cc1cc(-c2ccccc2)ccc1-c1ccc(N)c[n+]1C. The first-order valence-corrected chi connectivity index (χ1v) is 7.07. The van der Waals surface area contributed by atoms with E-state index in [1.54, 1.807) is 0 Å². The molecule has 0 saturated carbocycles. The molecule has 0 saturated heterocycles. The fourth-order valence-corrected chi connectivity index (χ4v) is 2.67. The zero-order valence-corrected chi connectivity index (χ0v) is 12.4. The molecule has 0 unspecified atom stereocenters. The van der Waals surface area contributed by atoms with Crippen molar-refractivity contribution in [1.29, 1.82) is 0 Å². The average Bonchev–Trinajstić information content (AvgIpc) is 2.49. The Balaban J connectivity index is 2.06. The van der Waals surface area contributed by atoms with Crippen LogP contribution in [0.1, 0.15) is 5.56 Å². The molecule has 0 radical (unpaired) electrons. The van der Waals surface area contributed by atoms with Gasteiger partial charge in [0.15, 0.2) is 6.20 Å². The maximum absolute atomic E-state index is 5.82. The lowest BCUT2D eigenvalue weighted by atomic mass is 9.98. The van der Waals surface area contributed by atoms with Crippen LogP contribution in [0, 0.1) is 6.92 Å². The van der Waals surface area contributed by atoms with Gasteiger partial charge in [0.2, 0.25) is 5.69 Å². The molecule has 0 amide bonds. The van der Waals surface area contributed by atoms with Crippen molar-refractivity contribution in [1.82, 2.24) is 0 Å². The molecule has 3 rings (SSSR count). The van der Waals surface area contributed by atoms with E-state index in [0.29, 0.717) is 0 Å². The quantitative estimate of drug-likeness (QED) is 0.709. The third kappa shape index (κ3) is 2.65. The highest BCUT2D eigenvalue weighted by Gasteiger charge is 2.13. The van der Waals surface area contributed by atoms with Crippen molar-refractivity contribution in [3.8, 4) is 22.4 Å². The van der Waals surface area contributed by atoms with Crippen LogP contribution in [-0.2, 0) is 7.05 Å². The van der Waals surface area contributed by atoms with Crippen molar-refractivity contribution in [3.63, 3.8) is 0 Å². The minimum Gasteiger partial charge on any atom is -0.394 e. The van der Waals surface area contributed by atoms with E-state index in [0.717, 1.165) is 5.69 Å². The molecule has 1 heterocycles. The van der Waals surface area contributed by atoms with Crippen molar-refractivity contribution in [2.75, 3.05) is 5.73 Å². The number of benzene rings is 2. The molecule has 2 heteroatoms. The van der Waals surface area contributed by atoms with Crippen LogP contribution in [0.25, 0.3) is 22.4 Å². The topological polar surface area (TPSA) is 29.9 Å². The second kappa shape index (κ2) is 5.41. The minimum absolute atomic E-state index is 0.778. The predicted molar refractivity (Wildman–Crippen MR) is 87.6 cm³/mol. The van der Waals surface area contributed by atoms with Crippen LogP contribution >= 0.6 is 0 Å². The van der Waals surface area contributed by atoms with Crippen molar-refractivity contribution in [2.24, 2.45) is 7.05 Å². The summed E-state index contributed by atoms with van der Waals surface area (Å²) < 4.78 is 2.07. The molecule has 3 aromatic rings. The van der Waals surface area contributed by atoms with Gasteiger partial charge in [-0.1, -0.05) is 42.5 Å². The highest BCUT2D eigenvalue weighted by Crippen LogP contribution is 2.27. The van der Waals surface area contributed by atoms with E-state index in [1.807, 2.05) is 25.4 Å². The first-order chi connectivity index (χ1) is 10.1. The molecule has 1 aromatic heterocycles. The van der Waals surface area contributed by atoms with E-state index in [4.69, 9.17) is 5.73 Å². The molecule has 21 heavy (non-hydrogen) atoms. The van der Waals surface area contributed by atoms with E-state index in [-0.39, 0.29) is 0 Å². The molecule has 0 bridgehead atoms. The number of rotatable bonds is 2. The van der Waals surface area contributed by atoms with Gasteiger partial charge in [-0.05, 0) is 35.7 Å². The first kappa shape index (κ1) is 13.4. The zero-order chi connectivity index (χ0) is 14.8. The van der Waals surface area contributed by atoms with Crippen LogP contribution in [0.4, 0.5) is 5.69 Å². The van der Waals surface area contributed by atoms with Gasteiger partial charge in [0.1, 0.15) is 7.05 Å². The number of nitrogens with two attached hydrogens (primary N) is 1. The van der Waals surface area contributed by atoms with Crippen LogP contribution in [0.2, 0.25) is 0 Å². The molecule has 0 aliphatic rings. The highest BCUT2D eigenvalue weighted by atomic mass is 14.9. The molecular formula is C19H19N2+. The van der Waals surface area contributed by atoms with Crippen molar-refractivity contribution >= 4 is 5.69 Å². The summed E-state index contributed by atoms with van der Waals surface area (Å²) in [6.07, 6.45) is 1.94. The molecular weight excluding hydrogens is 256 g/mol. The molecule has 0 aliphatic carbocycles. The molecule has 0 spiro atoms. The largest absolute Gasteiger partial charge is 0.394 e. The lowest BCUT2D eigenvalue weighted by Crippen LogP contribution is -2.31. The van der Waals surface area contributed by atoms with E-state index < -0.39 is 0 Å². The zero-order valence-electron chi connectivity index (χ0n) is 12.4. The molecule has 2 aromatic carbocycles. The average molecular weight is 275 g/mol. The summed E-state index contributed by atoms with van der Waals surface area (Å²) in [7, 11) is 2.02. The highest BCUT2D eigenvalue weighted by molar-refractivity contribution is 5.71. The van der Waals surface area contributed by atoms with Crippen LogP contribution < -0.4 is 10.3 Å². The monoisotopic (exact) mass is 275 g/mol. The van der Waals surface area contributed by atoms with Gasteiger partial charge in [-0.15, -0.1) is 0 Å². The molecule has 104 valence electrons. The summed E-state index contributed by atoms with van der Waals surface area (Å²) >= 11 is 0. The van der Waals surface area contributed by atoms with E-state index in [2.05, 4.69) is 60.0 Å². The number of anilines is 1. The molecule has 0 aliphatic heterocycles. The van der Waals surface area contributed by atoms with Gasteiger partial charge in [0, 0.05) is 11.6 Å². The smallest absolute Gasteiger partial charge is 0.212 e. The Labute approximate surface area is 125 Å². The second-order valence-corrected chi connectivity index (χ2v) is 5.35. The van der Waals surface area contributed by atoms with Gasteiger partial charge in [-0.25, -0.2) is 0 Å². The van der Waals surface area contributed by atoms with Gasteiger partial charge < -0.3 is 5.73 Å². The Morgan fingerprint density at radius 1 is 0.857 bits per heavy atom. The fourth-order valence-electron chi connectivity index (χ4n) is 2.67. The predicted octanol–water partition coefficient (Wildman–Crippen LogP) is 3.74. The third-order valence-electron chi connectivity index (χ3n) is 3.77. The summed E-state index contributed by atoms with van der Waals surface area (Å²) in [5.74, 6) is 0. The Morgan fingerprint density at radius 3 is 2.29 bits per heavy atom. The summed E-state index contributed by atoms with van der Waals surface area (Å²) in [5.41, 5.74) is 12.8. The number of hydrogen-bond acceptors (Lipinski definition) is 1. The molecule has 0 atom stereocenters. The first-order valence-electron chi connectivity index (χ1n) is 7.07. The number of aromatic nitrogens is 1. The Morgan fingerprint density at radius 2 is 1.62 bits per heavy atom. The van der Waals surface area contributed by atoms with Gasteiger partial charge in [0.05, 0.1) is 5.69 Å². The van der Waals surface area contributed by atoms with Crippen molar-refractivity contribution in [2.45, 2.75) is 6.92 Å². The van der Waals surface area contributed by atoms with Gasteiger partial charge in [-0.3, -0.25) is 0 Å². The Bertz CT molecular complexity index is 777. The number of aryl methyl sites for hydroxylation is 2. The van der Waals surface area contributed by atoms with Crippen molar-refractivity contribution in [3.05, 3.63) is 72.4 Å². The molecule has 0 fully saturated rings. The van der Waals surface area contributed by atoms with Crippen LogP contribution in [-0.4, -0.2) is 0 Å². The maximum atomic E-state index is 5.82. The minimum atomic E-state index is 0.778. The Kier molecular flexibility index (Phi) is 3.44. The second-order valence-electron chi connectivity index (χ2n) is 5.35. The summed E-state index contributed by atoms with van der Waals surface area (Å²) in [6, 6.07) is 21.1. The van der Waals surface area contributed by atoms with E-state index >= 15 is 0 Å². The normalized spacial score (nSPS) is 10.6. The summed E-state index contributed by atoms with van der Waals surface area (Å²) in [6.45, 7) is 2.15. The van der Waals surface area contributed by atoms with Crippen LogP contribution in [0.5, 0.6) is 0 Å². The summed E-state index contributed by atoms with van der Waals surface area (Å²) in [5, 5.41) is 0. The maximum Gasteiger partial charge on any atom is 0.212 e. The van der Waals surface area contributed by atoms with Gasteiger partial charge >= 0.3 is 0 Å². The number of hydrogen-bond donors (Lipinski definition) is 1. The third-order valence-corrected chi connectivity index (χ3v) is 3.77. The number of nitrogens with zero attached hydrogens (tertiary/aromatic N) is 1. The molecule has 2 nitrogen and oxygen atoms in total. The Hall–Kier alpha value is -2.61. The van der Waals surface area contributed by atoms with Gasteiger partial charge in [-0.2, -0.15) is 4.57 Å². The van der Waals surface area contributed by atoms with Gasteiger partial charge in [0.25, 0.3) is 0 Å². The van der Waals surface area contributed by atoms with E-state index in [1.165, 1.54) is 27.9 Å². The number of nitrogen functional groups attached to an aromatic ring is 1.